The van der Waals surface area contributed by atoms with Crippen molar-refractivity contribution in [3.8, 4) is 0 Å². The Morgan fingerprint density at radius 1 is 1.09 bits per heavy atom. The highest BCUT2D eigenvalue weighted by molar-refractivity contribution is 7.89. The van der Waals surface area contributed by atoms with Crippen molar-refractivity contribution in [1.82, 2.24) is 4.31 Å². The Morgan fingerprint density at radius 2 is 1.68 bits per heavy atom. The van der Waals surface area contributed by atoms with Crippen molar-refractivity contribution in [2.75, 3.05) is 39.3 Å². The minimum Gasteiger partial charge on any atom is -0.381 e. The number of hydrogen-bond donors (Lipinski definition) is 0. The van der Waals surface area contributed by atoms with Crippen LogP contribution in [0.2, 0.25) is 0 Å². The minimum absolute atomic E-state index is 0.0701. The lowest BCUT2D eigenvalue weighted by atomic mass is 10.3. The van der Waals surface area contributed by atoms with E-state index >= 15 is 0 Å². The zero-order valence-electron chi connectivity index (χ0n) is 13.6. The van der Waals surface area contributed by atoms with Crippen molar-refractivity contribution in [3.05, 3.63) is 24.3 Å². The van der Waals surface area contributed by atoms with Gasteiger partial charge in [-0.3, -0.25) is 4.79 Å². The van der Waals surface area contributed by atoms with E-state index in [-0.39, 0.29) is 10.8 Å². The highest BCUT2D eigenvalue weighted by Crippen LogP contribution is 2.19. The number of sulfonamides is 1. The van der Waals surface area contributed by atoms with Gasteiger partial charge >= 0.3 is 0 Å². The van der Waals surface area contributed by atoms with Crippen LogP contribution in [-0.4, -0.2) is 53.0 Å². The highest BCUT2D eigenvalue weighted by Gasteiger charge is 2.18. The molecule has 1 amide bonds. The fourth-order valence-electron chi connectivity index (χ4n) is 1.77. The molecule has 0 atom stereocenters. The van der Waals surface area contributed by atoms with E-state index in [0.717, 1.165) is 10.7 Å². The standard InChI is InChI=1S/C15H24N2O4S/c1-5-11-21-12-10-15(18)17(4)13-6-8-14(9-7-13)22(19,20)16(2)3/h6-9H,5,10-12H2,1-4H3. The van der Waals surface area contributed by atoms with E-state index in [0.29, 0.717) is 25.3 Å². The first-order valence-corrected chi connectivity index (χ1v) is 8.61. The van der Waals surface area contributed by atoms with E-state index in [1.54, 1.807) is 19.2 Å². The van der Waals surface area contributed by atoms with Crippen molar-refractivity contribution in [2.24, 2.45) is 0 Å². The first kappa shape index (κ1) is 18.6. The molecule has 0 fully saturated rings. The summed E-state index contributed by atoms with van der Waals surface area (Å²) >= 11 is 0. The maximum absolute atomic E-state index is 12.0. The third kappa shape index (κ3) is 4.79. The number of carbonyl (C=O) groups excluding carboxylic acids is 1. The van der Waals surface area contributed by atoms with Gasteiger partial charge in [0, 0.05) is 33.4 Å². The zero-order chi connectivity index (χ0) is 16.8. The van der Waals surface area contributed by atoms with Crippen LogP contribution < -0.4 is 4.90 Å². The van der Waals surface area contributed by atoms with Gasteiger partial charge in [-0.15, -0.1) is 0 Å². The van der Waals surface area contributed by atoms with Gasteiger partial charge in [-0.25, -0.2) is 12.7 Å². The minimum atomic E-state index is -3.45. The molecule has 124 valence electrons. The Kier molecular flexibility index (Phi) is 6.99. The van der Waals surface area contributed by atoms with Gasteiger partial charge in [0.2, 0.25) is 15.9 Å². The van der Waals surface area contributed by atoms with Gasteiger partial charge in [0.05, 0.1) is 17.9 Å². The summed E-state index contributed by atoms with van der Waals surface area (Å²) in [5, 5.41) is 0. The predicted octanol–water partition coefficient (Wildman–Crippen LogP) is 1.72. The predicted molar refractivity (Wildman–Crippen MR) is 86.5 cm³/mol. The topological polar surface area (TPSA) is 66.9 Å². The Bertz CT molecular complexity index is 582. The number of rotatable bonds is 8. The van der Waals surface area contributed by atoms with Crippen LogP contribution in [0.25, 0.3) is 0 Å². The van der Waals surface area contributed by atoms with Crippen LogP contribution in [0.1, 0.15) is 19.8 Å². The normalized spacial score (nSPS) is 11.7. The molecule has 1 aromatic carbocycles. The summed E-state index contributed by atoms with van der Waals surface area (Å²) in [5.41, 5.74) is 0.651. The summed E-state index contributed by atoms with van der Waals surface area (Å²) < 4.78 is 30.4. The van der Waals surface area contributed by atoms with Gasteiger partial charge in [-0.2, -0.15) is 0 Å². The number of benzene rings is 1. The van der Waals surface area contributed by atoms with Gasteiger partial charge in [-0.1, -0.05) is 6.92 Å². The molecule has 1 rings (SSSR count). The molecule has 0 radical (unpaired) electrons. The molecule has 0 N–H and O–H groups in total. The molecule has 6 nitrogen and oxygen atoms in total. The molecule has 0 bridgehead atoms. The third-order valence-electron chi connectivity index (χ3n) is 3.19. The van der Waals surface area contributed by atoms with E-state index in [1.807, 2.05) is 6.92 Å². The quantitative estimate of drug-likeness (QED) is 0.682. The molecule has 0 spiro atoms. The van der Waals surface area contributed by atoms with E-state index in [2.05, 4.69) is 0 Å². The average Bonchev–Trinajstić information content (AvgIpc) is 2.50. The van der Waals surface area contributed by atoms with Crippen LogP contribution in [0.4, 0.5) is 5.69 Å². The lowest BCUT2D eigenvalue weighted by Crippen LogP contribution is -2.27. The SMILES string of the molecule is CCCOCCC(=O)N(C)c1ccc(S(=O)(=O)N(C)C)cc1. The number of carbonyl (C=O) groups is 1. The van der Waals surface area contributed by atoms with Gasteiger partial charge in [0.25, 0.3) is 0 Å². The molecule has 0 aliphatic rings. The number of amides is 1. The summed E-state index contributed by atoms with van der Waals surface area (Å²) in [6.45, 7) is 3.05. The third-order valence-corrected chi connectivity index (χ3v) is 5.01. The van der Waals surface area contributed by atoms with Crippen LogP contribution in [0, 0.1) is 0 Å². The summed E-state index contributed by atoms with van der Waals surface area (Å²) in [7, 11) is 1.18. The zero-order valence-corrected chi connectivity index (χ0v) is 14.4. The molecular formula is C15H24N2O4S. The lowest BCUT2D eigenvalue weighted by molar-refractivity contribution is -0.119. The van der Waals surface area contributed by atoms with Crippen LogP contribution >= 0.6 is 0 Å². The van der Waals surface area contributed by atoms with Crippen LogP contribution in [0.3, 0.4) is 0 Å². The summed E-state index contributed by atoms with van der Waals surface area (Å²) in [6.07, 6.45) is 1.22. The van der Waals surface area contributed by atoms with E-state index < -0.39 is 10.0 Å². The Balaban J connectivity index is 2.72. The van der Waals surface area contributed by atoms with Crippen molar-refractivity contribution < 1.29 is 17.9 Å². The second-order valence-electron chi connectivity index (χ2n) is 5.10. The Morgan fingerprint density at radius 3 is 2.18 bits per heavy atom. The molecule has 1 aromatic rings. The molecule has 0 heterocycles. The molecule has 0 aliphatic carbocycles. The molecule has 7 heteroatoms. The fourth-order valence-corrected chi connectivity index (χ4v) is 2.67. The molecule has 0 aromatic heterocycles. The number of anilines is 1. The van der Waals surface area contributed by atoms with Crippen LogP contribution in [0.15, 0.2) is 29.2 Å². The average molecular weight is 328 g/mol. The second-order valence-corrected chi connectivity index (χ2v) is 7.25. The number of hydrogen-bond acceptors (Lipinski definition) is 4. The largest absolute Gasteiger partial charge is 0.381 e. The van der Waals surface area contributed by atoms with Gasteiger partial charge in [0.15, 0.2) is 0 Å². The maximum atomic E-state index is 12.0. The number of nitrogens with zero attached hydrogens (tertiary/aromatic N) is 2. The van der Waals surface area contributed by atoms with E-state index in [9.17, 15) is 13.2 Å². The van der Waals surface area contributed by atoms with Gasteiger partial charge < -0.3 is 9.64 Å². The summed E-state index contributed by atoms with van der Waals surface area (Å²) in [6, 6.07) is 6.26. The Hall–Kier alpha value is -1.44. The number of ether oxygens (including phenoxy) is 1. The molecular weight excluding hydrogens is 304 g/mol. The van der Waals surface area contributed by atoms with Crippen molar-refractivity contribution in [1.29, 1.82) is 0 Å². The fraction of sp³-hybridized carbons (Fsp3) is 0.533. The maximum Gasteiger partial charge on any atom is 0.242 e. The van der Waals surface area contributed by atoms with E-state index in [1.165, 1.54) is 31.1 Å². The van der Waals surface area contributed by atoms with Crippen molar-refractivity contribution in [3.63, 3.8) is 0 Å². The second kappa shape index (κ2) is 8.26. The van der Waals surface area contributed by atoms with Gasteiger partial charge in [-0.05, 0) is 30.7 Å². The van der Waals surface area contributed by atoms with Crippen LogP contribution in [0.5, 0.6) is 0 Å². The van der Waals surface area contributed by atoms with Crippen molar-refractivity contribution in [2.45, 2.75) is 24.7 Å². The first-order chi connectivity index (χ1) is 10.3. The molecule has 0 saturated carbocycles. The van der Waals surface area contributed by atoms with Gasteiger partial charge in [0.1, 0.15) is 0 Å². The highest BCUT2D eigenvalue weighted by atomic mass is 32.2. The van der Waals surface area contributed by atoms with E-state index in [4.69, 9.17) is 4.74 Å². The molecule has 0 aliphatic heterocycles. The summed E-state index contributed by atoms with van der Waals surface area (Å²) in [5.74, 6) is -0.0701. The lowest BCUT2D eigenvalue weighted by Gasteiger charge is -2.18. The monoisotopic (exact) mass is 328 g/mol. The Labute approximate surface area is 132 Å². The van der Waals surface area contributed by atoms with Crippen LogP contribution in [-0.2, 0) is 19.6 Å². The molecule has 22 heavy (non-hydrogen) atoms. The first-order valence-electron chi connectivity index (χ1n) is 7.17. The molecule has 0 saturated heterocycles. The summed E-state index contributed by atoms with van der Waals surface area (Å²) in [4.78, 5) is 13.7. The van der Waals surface area contributed by atoms with Crippen molar-refractivity contribution >= 4 is 21.6 Å². The molecule has 0 unspecified atom stereocenters. The smallest absolute Gasteiger partial charge is 0.242 e.